The first kappa shape index (κ1) is 8.51. The second-order valence-electron chi connectivity index (χ2n) is 2.98. The molecule has 0 N–H and O–H groups in total. The number of rotatable bonds is 1. The van der Waals surface area contributed by atoms with Gasteiger partial charge in [0.15, 0.2) is 5.65 Å². The molecule has 0 amide bonds. The van der Waals surface area contributed by atoms with E-state index in [1.54, 1.807) is 6.07 Å². The molecule has 0 fully saturated rings. The largest absolute Gasteiger partial charge is 0.219 e. The lowest BCUT2D eigenvalue weighted by atomic mass is 10.3. The van der Waals surface area contributed by atoms with E-state index in [9.17, 15) is 0 Å². The van der Waals surface area contributed by atoms with Crippen LogP contribution in [0.3, 0.4) is 0 Å². The molecule has 0 radical (unpaired) electrons. The van der Waals surface area contributed by atoms with Crippen LogP contribution in [0.15, 0.2) is 12.1 Å². The highest BCUT2D eigenvalue weighted by Gasteiger charge is 2.04. The van der Waals surface area contributed by atoms with Crippen molar-refractivity contribution in [2.24, 2.45) is 0 Å². The summed E-state index contributed by atoms with van der Waals surface area (Å²) in [6.07, 6.45) is 0.917. The summed E-state index contributed by atoms with van der Waals surface area (Å²) in [4.78, 5) is 4.17. The summed E-state index contributed by atoms with van der Waals surface area (Å²) >= 11 is 5.82. The molecular formula is C9H10ClN3. The van der Waals surface area contributed by atoms with Crippen molar-refractivity contribution in [3.05, 3.63) is 28.7 Å². The fourth-order valence-electron chi connectivity index (χ4n) is 1.31. The molecule has 0 aliphatic rings. The van der Waals surface area contributed by atoms with E-state index in [2.05, 4.69) is 17.0 Å². The molecule has 0 atom stereocenters. The first-order chi connectivity index (χ1) is 6.20. The van der Waals surface area contributed by atoms with Crippen molar-refractivity contribution in [1.82, 2.24) is 14.6 Å². The fourth-order valence-corrected chi connectivity index (χ4v) is 1.55. The van der Waals surface area contributed by atoms with Gasteiger partial charge in [0, 0.05) is 11.8 Å². The van der Waals surface area contributed by atoms with Gasteiger partial charge in [-0.3, -0.25) is 0 Å². The summed E-state index contributed by atoms with van der Waals surface area (Å²) in [5, 5.41) is 4.89. The number of nitrogens with zero attached hydrogens (tertiary/aromatic N) is 3. The third-order valence-corrected chi connectivity index (χ3v) is 2.18. The molecule has 13 heavy (non-hydrogen) atoms. The van der Waals surface area contributed by atoms with Gasteiger partial charge < -0.3 is 0 Å². The molecule has 2 aromatic rings. The Morgan fingerprint density at radius 3 is 2.92 bits per heavy atom. The second-order valence-corrected chi connectivity index (χ2v) is 3.37. The van der Waals surface area contributed by atoms with Crippen LogP contribution in [0.25, 0.3) is 5.65 Å². The Hall–Kier alpha value is -1.09. The summed E-state index contributed by atoms with van der Waals surface area (Å²) < 4.78 is 1.81. The van der Waals surface area contributed by atoms with Crippen LogP contribution in [0.1, 0.15) is 18.3 Å². The lowest BCUT2D eigenvalue weighted by Crippen LogP contribution is -1.95. The van der Waals surface area contributed by atoms with Gasteiger partial charge in [0.25, 0.3) is 0 Å². The van der Waals surface area contributed by atoms with Crippen LogP contribution in [-0.4, -0.2) is 14.6 Å². The molecule has 2 heterocycles. The maximum Gasteiger partial charge on any atom is 0.157 e. The zero-order valence-corrected chi connectivity index (χ0v) is 8.34. The fraction of sp³-hybridized carbons (Fsp3) is 0.333. The third kappa shape index (κ3) is 1.40. The van der Waals surface area contributed by atoms with Crippen molar-refractivity contribution in [3.63, 3.8) is 0 Å². The summed E-state index contributed by atoms with van der Waals surface area (Å²) in [5.74, 6) is 0. The molecule has 0 aromatic carbocycles. The molecule has 0 bridgehead atoms. The van der Waals surface area contributed by atoms with Gasteiger partial charge in [-0.05, 0) is 19.4 Å². The maximum atomic E-state index is 5.82. The third-order valence-electron chi connectivity index (χ3n) is 1.99. The number of hydrogen-bond donors (Lipinski definition) is 0. The Balaban J connectivity index is 2.75. The first-order valence-electron chi connectivity index (χ1n) is 4.22. The molecule has 4 heteroatoms. The predicted molar refractivity (Wildman–Crippen MR) is 52.1 cm³/mol. The van der Waals surface area contributed by atoms with Crippen LogP contribution in [0.4, 0.5) is 0 Å². The van der Waals surface area contributed by atoms with Gasteiger partial charge >= 0.3 is 0 Å². The van der Waals surface area contributed by atoms with Gasteiger partial charge in [-0.15, -0.1) is 0 Å². The smallest absolute Gasteiger partial charge is 0.157 e. The highest BCUT2D eigenvalue weighted by atomic mass is 35.5. The summed E-state index contributed by atoms with van der Waals surface area (Å²) in [7, 11) is 0. The van der Waals surface area contributed by atoms with E-state index in [1.165, 1.54) is 0 Å². The highest BCUT2D eigenvalue weighted by molar-refractivity contribution is 6.29. The summed E-state index contributed by atoms with van der Waals surface area (Å²) in [5.41, 5.74) is 2.87. The van der Waals surface area contributed by atoms with E-state index < -0.39 is 0 Å². The van der Waals surface area contributed by atoms with Crippen molar-refractivity contribution in [1.29, 1.82) is 0 Å². The predicted octanol–water partition coefficient (Wildman–Crippen LogP) is 2.25. The maximum absolute atomic E-state index is 5.82. The minimum absolute atomic E-state index is 0.521. The van der Waals surface area contributed by atoms with Crippen LogP contribution in [0, 0.1) is 6.92 Å². The second kappa shape index (κ2) is 3.00. The molecule has 3 nitrogen and oxygen atoms in total. The standard InChI is InChI=1S/C9H10ClN3/c1-3-7-5-9-11-8(10)4-6(2)13(9)12-7/h4-5H,3H2,1-2H3. The van der Waals surface area contributed by atoms with Crippen molar-refractivity contribution >= 4 is 17.2 Å². The zero-order chi connectivity index (χ0) is 9.42. The minimum atomic E-state index is 0.521. The number of fused-ring (bicyclic) bond motifs is 1. The van der Waals surface area contributed by atoms with E-state index in [4.69, 9.17) is 11.6 Å². The van der Waals surface area contributed by atoms with Gasteiger partial charge in [-0.1, -0.05) is 18.5 Å². The Labute approximate surface area is 81.4 Å². The van der Waals surface area contributed by atoms with E-state index >= 15 is 0 Å². The molecule has 0 saturated carbocycles. The number of aryl methyl sites for hydroxylation is 2. The molecule has 2 rings (SSSR count). The number of hydrogen-bond acceptors (Lipinski definition) is 2. The van der Waals surface area contributed by atoms with E-state index in [-0.39, 0.29) is 0 Å². The van der Waals surface area contributed by atoms with E-state index in [0.717, 1.165) is 23.5 Å². The molecule has 0 aliphatic carbocycles. The van der Waals surface area contributed by atoms with Gasteiger partial charge in [0.05, 0.1) is 5.69 Å². The molecule has 0 unspecified atom stereocenters. The zero-order valence-electron chi connectivity index (χ0n) is 7.58. The van der Waals surface area contributed by atoms with Gasteiger partial charge in [0.1, 0.15) is 5.15 Å². The molecule has 0 saturated heterocycles. The van der Waals surface area contributed by atoms with Crippen molar-refractivity contribution in [3.8, 4) is 0 Å². The Kier molecular flexibility index (Phi) is 1.96. The summed E-state index contributed by atoms with van der Waals surface area (Å²) in [6.45, 7) is 4.03. The highest BCUT2D eigenvalue weighted by Crippen LogP contribution is 2.12. The van der Waals surface area contributed by atoms with E-state index in [1.807, 2.05) is 17.5 Å². The minimum Gasteiger partial charge on any atom is -0.219 e. The van der Waals surface area contributed by atoms with Crippen molar-refractivity contribution < 1.29 is 0 Å². The normalized spacial score (nSPS) is 11.0. The lowest BCUT2D eigenvalue weighted by Gasteiger charge is -1.97. The van der Waals surface area contributed by atoms with Gasteiger partial charge in [-0.2, -0.15) is 5.10 Å². The SMILES string of the molecule is CCc1cc2nc(Cl)cc(C)n2n1. The van der Waals surface area contributed by atoms with Crippen LogP contribution < -0.4 is 0 Å². The Morgan fingerprint density at radius 2 is 2.23 bits per heavy atom. The van der Waals surface area contributed by atoms with Crippen molar-refractivity contribution in [2.75, 3.05) is 0 Å². The first-order valence-corrected chi connectivity index (χ1v) is 4.60. The van der Waals surface area contributed by atoms with Crippen LogP contribution in [-0.2, 0) is 6.42 Å². The number of aromatic nitrogens is 3. The van der Waals surface area contributed by atoms with Gasteiger partial charge in [0.2, 0.25) is 0 Å². The Bertz CT molecular complexity index is 447. The topological polar surface area (TPSA) is 30.2 Å². The molecule has 0 spiro atoms. The average molecular weight is 196 g/mol. The quantitative estimate of drug-likeness (QED) is 0.654. The molecule has 68 valence electrons. The van der Waals surface area contributed by atoms with Crippen LogP contribution in [0.2, 0.25) is 5.15 Å². The van der Waals surface area contributed by atoms with E-state index in [0.29, 0.717) is 5.15 Å². The monoisotopic (exact) mass is 195 g/mol. The molecule has 2 aromatic heterocycles. The lowest BCUT2D eigenvalue weighted by molar-refractivity contribution is 0.855. The average Bonchev–Trinajstić information content (AvgIpc) is 2.47. The summed E-state index contributed by atoms with van der Waals surface area (Å²) in [6, 6.07) is 3.76. The van der Waals surface area contributed by atoms with Gasteiger partial charge in [-0.25, -0.2) is 9.50 Å². The Morgan fingerprint density at radius 1 is 1.46 bits per heavy atom. The molecule has 0 aliphatic heterocycles. The van der Waals surface area contributed by atoms with Crippen LogP contribution in [0.5, 0.6) is 0 Å². The number of halogens is 1. The van der Waals surface area contributed by atoms with Crippen LogP contribution >= 0.6 is 11.6 Å². The molecular weight excluding hydrogens is 186 g/mol. The van der Waals surface area contributed by atoms with Crippen molar-refractivity contribution in [2.45, 2.75) is 20.3 Å².